The van der Waals surface area contributed by atoms with Gasteiger partial charge in [-0.3, -0.25) is 9.78 Å². The Morgan fingerprint density at radius 3 is 2.62 bits per heavy atom. The Morgan fingerprint density at radius 2 is 2.00 bits per heavy atom. The van der Waals surface area contributed by atoms with Crippen LogP contribution in [0.15, 0.2) is 42.6 Å². The number of methoxy groups -OCH3 is 1. The number of amides is 1. The van der Waals surface area contributed by atoms with Crippen LogP contribution in [-0.4, -0.2) is 30.5 Å². The molecule has 134 valence electrons. The SMILES string of the molecule is COC(=O)c1ccc(C(=O)NCC#Cc2cccc(C(F)(F)F)c2)nc1. The molecule has 0 saturated heterocycles. The first-order valence-electron chi connectivity index (χ1n) is 7.30. The second-order valence-corrected chi connectivity index (χ2v) is 4.99. The Hall–Kier alpha value is -3.34. The Morgan fingerprint density at radius 1 is 1.23 bits per heavy atom. The van der Waals surface area contributed by atoms with E-state index in [1.807, 2.05) is 0 Å². The molecule has 2 aromatic rings. The molecule has 0 fully saturated rings. The lowest BCUT2D eigenvalue weighted by atomic mass is 10.1. The van der Waals surface area contributed by atoms with E-state index in [0.717, 1.165) is 12.1 Å². The zero-order valence-corrected chi connectivity index (χ0v) is 13.6. The molecular weight excluding hydrogens is 349 g/mol. The van der Waals surface area contributed by atoms with E-state index < -0.39 is 23.6 Å². The molecule has 26 heavy (non-hydrogen) atoms. The number of carbonyl (C=O) groups is 2. The standard InChI is InChI=1S/C18H13F3N2O3/c1-26-17(25)13-7-8-15(23-11-13)16(24)22-9-3-5-12-4-2-6-14(10-12)18(19,20)21/h2,4,6-8,10-11H,9H2,1H3,(H,22,24). The molecule has 0 aliphatic heterocycles. The summed E-state index contributed by atoms with van der Waals surface area (Å²) in [6.07, 6.45) is -3.23. The van der Waals surface area contributed by atoms with Gasteiger partial charge in [0.1, 0.15) is 5.69 Å². The number of hydrogen-bond acceptors (Lipinski definition) is 4. The summed E-state index contributed by atoms with van der Waals surface area (Å²) in [5.74, 6) is 4.02. The number of nitrogens with zero attached hydrogens (tertiary/aromatic N) is 1. The van der Waals surface area contributed by atoms with Gasteiger partial charge in [-0.2, -0.15) is 13.2 Å². The lowest BCUT2D eigenvalue weighted by Crippen LogP contribution is -2.24. The molecule has 0 aliphatic carbocycles. The van der Waals surface area contributed by atoms with Crippen LogP contribution in [0.5, 0.6) is 0 Å². The summed E-state index contributed by atoms with van der Waals surface area (Å²) in [4.78, 5) is 27.0. The van der Waals surface area contributed by atoms with Crippen LogP contribution in [0.3, 0.4) is 0 Å². The first kappa shape index (κ1) is 19.0. The predicted octanol–water partition coefficient (Wildman–Crippen LogP) is 2.67. The number of nitrogens with one attached hydrogen (secondary N) is 1. The van der Waals surface area contributed by atoms with Crippen molar-refractivity contribution in [2.75, 3.05) is 13.7 Å². The predicted molar refractivity (Wildman–Crippen MR) is 86.2 cm³/mol. The van der Waals surface area contributed by atoms with E-state index >= 15 is 0 Å². The average Bonchev–Trinajstić information content (AvgIpc) is 2.64. The minimum absolute atomic E-state index is 0.0681. The quantitative estimate of drug-likeness (QED) is 0.673. The Balaban J connectivity index is 1.95. The third-order valence-electron chi connectivity index (χ3n) is 3.18. The molecule has 0 bridgehead atoms. The minimum Gasteiger partial charge on any atom is -0.465 e. The van der Waals surface area contributed by atoms with Gasteiger partial charge in [-0.15, -0.1) is 0 Å². The summed E-state index contributed by atoms with van der Waals surface area (Å²) >= 11 is 0. The third kappa shape index (κ3) is 5.08. The number of hydrogen-bond donors (Lipinski definition) is 1. The molecule has 0 aliphatic rings. The van der Waals surface area contributed by atoms with E-state index in [1.54, 1.807) is 0 Å². The van der Waals surface area contributed by atoms with Gasteiger partial charge in [0.25, 0.3) is 5.91 Å². The van der Waals surface area contributed by atoms with E-state index in [1.165, 1.54) is 37.6 Å². The van der Waals surface area contributed by atoms with E-state index in [2.05, 4.69) is 26.9 Å². The fourth-order valence-electron chi connectivity index (χ4n) is 1.90. The third-order valence-corrected chi connectivity index (χ3v) is 3.18. The second kappa shape index (κ2) is 8.16. The average molecular weight is 362 g/mol. The summed E-state index contributed by atoms with van der Waals surface area (Å²) in [5.41, 5.74) is -0.329. The van der Waals surface area contributed by atoms with Crippen molar-refractivity contribution in [2.24, 2.45) is 0 Å². The van der Waals surface area contributed by atoms with E-state index in [0.29, 0.717) is 0 Å². The first-order chi connectivity index (χ1) is 12.3. The van der Waals surface area contributed by atoms with Crippen molar-refractivity contribution in [1.82, 2.24) is 10.3 Å². The number of esters is 1. The van der Waals surface area contributed by atoms with Crippen molar-refractivity contribution in [3.05, 3.63) is 65.0 Å². The first-order valence-corrected chi connectivity index (χ1v) is 7.30. The highest BCUT2D eigenvalue weighted by Crippen LogP contribution is 2.29. The summed E-state index contributed by atoms with van der Waals surface area (Å²) in [5, 5.41) is 2.46. The maximum Gasteiger partial charge on any atom is 0.416 e. The molecule has 0 spiro atoms. The van der Waals surface area contributed by atoms with Crippen LogP contribution in [0.25, 0.3) is 0 Å². The number of aromatic nitrogens is 1. The molecule has 1 heterocycles. The van der Waals surface area contributed by atoms with Gasteiger partial charge < -0.3 is 10.1 Å². The van der Waals surface area contributed by atoms with Gasteiger partial charge in [-0.05, 0) is 30.3 Å². The van der Waals surface area contributed by atoms with Crippen LogP contribution in [0.1, 0.15) is 32.0 Å². The Labute approximate surface area is 147 Å². The molecule has 0 saturated carbocycles. The molecule has 1 N–H and O–H groups in total. The normalized spacial score (nSPS) is 10.5. The van der Waals surface area contributed by atoms with Crippen LogP contribution in [0.4, 0.5) is 13.2 Å². The molecule has 0 unspecified atom stereocenters. The van der Waals surface area contributed by atoms with Gasteiger partial charge in [0, 0.05) is 11.8 Å². The van der Waals surface area contributed by atoms with E-state index in [9.17, 15) is 22.8 Å². The van der Waals surface area contributed by atoms with Crippen molar-refractivity contribution >= 4 is 11.9 Å². The van der Waals surface area contributed by atoms with Crippen molar-refractivity contribution < 1.29 is 27.5 Å². The Kier molecular flexibility index (Phi) is 5.96. The van der Waals surface area contributed by atoms with Crippen molar-refractivity contribution in [1.29, 1.82) is 0 Å². The van der Waals surface area contributed by atoms with Gasteiger partial charge in [-0.1, -0.05) is 17.9 Å². The molecule has 1 aromatic heterocycles. The van der Waals surface area contributed by atoms with Gasteiger partial charge in [-0.25, -0.2) is 4.79 Å². The molecule has 5 nitrogen and oxygen atoms in total. The molecule has 1 amide bonds. The number of alkyl halides is 3. The lowest BCUT2D eigenvalue weighted by Gasteiger charge is -2.05. The summed E-state index contributed by atoms with van der Waals surface area (Å²) < 4.78 is 42.3. The lowest BCUT2D eigenvalue weighted by molar-refractivity contribution is -0.137. The topological polar surface area (TPSA) is 68.3 Å². The van der Waals surface area contributed by atoms with Crippen LogP contribution < -0.4 is 5.32 Å². The van der Waals surface area contributed by atoms with Gasteiger partial charge in [0.15, 0.2) is 0 Å². The monoisotopic (exact) mass is 362 g/mol. The van der Waals surface area contributed by atoms with Crippen LogP contribution in [-0.2, 0) is 10.9 Å². The molecule has 1 aromatic carbocycles. The number of halogens is 3. The number of carbonyl (C=O) groups excluding carboxylic acids is 2. The number of benzene rings is 1. The van der Waals surface area contributed by atoms with Crippen LogP contribution in [0, 0.1) is 11.8 Å². The van der Waals surface area contributed by atoms with Gasteiger partial charge >= 0.3 is 12.1 Å². The van der Waals surface area contributed by atoms with Crippen LogP contribution >= 0.6 is 0 Å². The van der Waals surface area contributed by atoms with Crippen molar-refractivity contribution in [2.45, 2.75) is 6.18 Å². The summed E-state index contributed by atoms with van der Waals surface area (Å²) in [7, 11) is 1.23. The molecule has 8 heteroatoms. The zero-order chi connectivity index (χ0) is 19.2. The molecule has 0 atom stereocenters. The molecular formula is C18H13F3N2O3. The summed E-state index contributed by atoms with van der Waals surface area (Å²) in [6.45, 7) is -0.0739. The van der Waals surface area contributed by atoms with Gasteiger partial charge in [0.05, 0.1) is 24.8 Å². The molecule has 2 rings (SSSR count). The highest BCUT2D eigenvalue weighted by Gasteiger charge is 2.30. The smallest absolute Gasteiger partial charge is 0.416 e. The molecule has 0 radical (unpaired) electrons. The van der Waals surface area contributed by atoms with Gasteiger partial charge in [0.2, 0.25) is 0 Å². The maximum atomic E-state index is 12.6. The van der Waals surface area contributed by atoms with E-state index in [-0.39, 0.29) is 23.4 Å². The fourth-order valence-corrected chi connectivity index (χ4v) is 1.90. The summed E-state index contributed by atoms with van der Waals surface area (Å²) in [6, 6.07) is 7.33. The van der Waals surface area contributed by atoms with Crippen molar-refractivity contribution in [3.63, 3.8) is 0 Å². The van der Waals surface area contributed by atoms with Crippen molar-refractivity contribution in [3.8, 4) is 11.8 Å². The number of pyridine rings is 1. The highest BCUT2D eigenvalue weighted by molar-refractivity contribution is 5.94. The Bertz CT molecular complexity index is 866. The number of rotatable bonds is 3. The minimum atomic E-state index is -4.44. The second-order valence-electron chi connectivity index (χ2n) is 4.99. The zero-order valence-electron chi connectivity index (χ0n) is 13.6. The fraction of sp³-hybridized carbons (Fsp3) is 0.167. The maximum absolute atomic E-state index is 12.6. The largest absolute Gasteiger partial charge is 0.465 e. The van der Waals surface area contributed by atoms with Crippen LogP contribution in [0.2, 0.25) is 0 Å². The number of ether oxygens (including phenoxy) is 1. The highest BCUT2D eigenvalue weighted by atomic mass is 19.4. The van der Waals surface area contributed by atoms with E-state index in [4.69, 9.17) is 0 Å².